The zero-order valence-corrected chi connectivity index (χ0v) is 15.8. The number of ether oxygens (including phenoxy) is 1. The van der Waals surface area contributed by atoms with Crippen molar-refractivity contribution in [1.82, 2.24) is 20.2 Å². The van der Waals surface area contributed by atoms with Gasteiger partial charge in [0.25, 0.3) is 0 Å². The first kappa shape index (κ1) is 17.0. The standard InChI is InChI=1S/C17H17BrN4OS/c1-12-3-4-13(2)16(11-12)22-17(19-20-21-22)24-10-9-23-15-7-5-14(18)6-8-15/h3-8,11H,9-10H2,1-2H3. The van der Waals surface area contributed by atoms with E-state index < -0.39 is 0 Å². The fraction of sp³-hybridized carbons (Fsp3) is 0.235. The van der Waals surface area contributed by atoms with Crippen LogP contribution in [0.5, 0.6) is 5.75 Å². The van der Waals surface area contributed by atoms with Gasteiger partial charge in [0, 0.05) is 10.2 Å². The molecule has 0 saturated heterocycles. The van der Waals surface area contributed by atoms with Gasteiger partial charge in [-0.2, -0.15) is 4.68 Å². The fourth-order valence-corrected chi connectivity index (χ4v) is 3.16. The molecule has 0 aliphatic rings. The molecule has 5 nitrogen and oxygen atoms in total. The minimum Gasteiger partial charge on any atom is -0.493 e. The molecule has 0 bridgehead atoms. The molecule has 0 fully saturated rings. The van der Waals surface area contributed by atoms with Crippen LogP contribution in [0.4, 0.5) is 0 Å². The molecule has 124 valence electrons. The van der Waals surface area contributed by atoms with Crippen LogP contribution in [-0.4, -0.2) is 32.6 Å². The van der Waals surface area contributed by atoms with Gasteiger partial charge in [-0.1, -0.05) is 39.8 Å². The first-order chi connectivity index (χ1) is 11.6. The van der Waals surface area contributed by atoms with Crippen LogP contribution >= 0.6 is 27.7 Å². The molecule has 0 saturated carbocycles. The maximum absolute atomic E-state index is 5.73. The van der Waals surface area contributed by atoms with Crippen LogP contribution in [0.25, 0.3) is 5.69 Å². The van der Waals surface area contributed by atoms with Gasteiger partial charge in [0.05, 0.1) is 12.3 Å². The van der Waals surface area contributed by atoms with E-state index >= 15 is 0 Å². The predicted octanol–water partition coefficient (Wildman–Crippen LogP) is 4.21. The summed E-state index contributed by atoms with van der Waals surface area (Å²) in [5, 5.41) is 12.8. The molecule has 0 aliphatic heterocycles. The van der Waals surface area contributed by atoms with Gasteiger partial charge in [-0.25, -0.2) is 0 Å². The Bertz CT molecular complexity index is 820. The Kier molecular flexibility index (Phi) is 5.52. The summed E-state index contributed by atoms with van der Waals surface area (Å²) >= 11 is 4.99. The quantitative estimate of drug-likeness (QED) is 0.454. The van der Waals surface area contributed by atoms with Crippen LogP contribution < -0.4 is 4.74 Å². The first-order valence-corrected chi connectivity index (χ1v) is 9.28. The lowest BCUT2D eigenvalue weighted by Crippen LogP contribution is -2.04. The van der Waals surface area contributed by atoms with Gasteiger partial charge in [0.1, 0.15) is 5.75 Å². The van der Waals surface area contributed by atoms with Gasteiger partial charge < -0.3 is 4.74 Å². The summed E-state index contributed by atoms with van der Waals surface area (Å²) in [6.07, 6.45) is 0. The molecule has 24 heavy (non-hydrogen) atoms. The fourth-order valence-electron chi connectivity index (χ4n) is 2.19. The number of nitrogens with zero attached hydrogens (tertiary/aromatic N) is 4. The van der Waals surface area contributed by atoms with Crippen molar-refractivity contribution in [1.29, 1.82) is 0 Å². The SMILES string of the molecule is Cc1ccc(C)c(-n2nnnc2SCCOc2ccc(Br)cc2)c1. The molecule has 3 rings (SSSR count). The second-order valence-corrected chi connectivity index (χ2v) is 7.29. The lowest BCUT2D eigenvalue weighted by Gasteiger charge is -2.09. The summed E-state index contributed by atoms with van der Waals surface area (Å²) in [5.41, 5.74) is 3.33. The molecular weight excluding hydrogens is 388 g/mol. The zero-order valence-electron chi connectivity index (χ0n) is 13.4. The van der Waals surface area contributed by atoms with E-state index in [1.54, 1.807) is 16.4 Å². The van der Waals surface area contributed by atoms with E-state index in [4.69, 9.17) is 4.74 Å². The van der Waals surface area contributed by atoms with Crippen molar-refractivity contribution in [3.8, 4) is 11.4 Å². The predicted molar refractivity (Wildman–Crippen MR) is 99.0 cm³/mol. The summed E-state index contributed by atoms with van der Waals surface area (Å²) in [6.45, 7) is 4.71. The summed E-state index contributed by atoms with van der Waals surface area (Å²) in [7, 11) is 0. The van der Waals surface area contributed by atoms with E-state index in [1.807, 2.05) is 24.3 Å². The van der Waals surface area contributed by atoms with E-state index in [-0.39, 0.29) is 0 Å². The third-order valence-corrected chi connectivity index (χ3v) is 4.84. The highest BCUT2D eigenvalue weighted by molar-refractivity contribution is 9.10. The van der Waals surface area contributed by atoms with Crippen LogP contribution in [0.3, 0.4) is 0 Å². The van der Waals surface area contributed by atoms with Crippen LogP contribution in [0.15, 0.2) is 52.1 Å². The van der Waals surface area contributed by atoms with Crippen molar-refractivity contribution < 1.29 is 4.74 Å². The van der Waals surface area contributed by atoms with Gasteiger partial charge in [0.15, 0.2) is 0 Å². The summed E-state index contributed by atoms with van der Waals surface area (Å²) in [4.78, 5) is 0. The van der Waals surface area contributed by atoms with Gasteiger partial charge in [-0.15, -0.1) is 5.10 Å². The summed E-state index contributed by atoms with van der Waals surface area (Å²) < 4.78 is 8.55. The number of hydrogen-bond donors (Lipinski definition) is 0. The number of benzene rings is 2. The Balaban J connectivity index is 1.62. The average molecular weight is 405 g/mol. The van der Waals surface area contributed by atoms with Gasteiger partial charge in [-0.05, 0) is 65.7 Å². The van der Waals surface area contributed by atoms with Gasteiger partial charge in [-0.3, -0.25) is 0 Å². The van der Waals surface area contributed by atoms with Crippen molar-refractivity contribution in [3.05, 3.63) is 58.1 Å². The third kappa shape index (κ3) is 4.15. The first-order valence-electron chi connectivity index (χ1n) is 7.50. The molecule has 1 heterocycles. The molecule has 0 spiro atoms. The maximum Gasteiger partial charge on any atom is 0.214 e. The number of aromatic nitrogens is 4. The molecule has 3 aromatic rings. The Labute approximate surface area is 153 Å². The van der Waals surface area contributed by atoms with E-state index in [2.05, 4.69) is 63.5 Å². The van der Waals surface area contributed by atoms with Gasteiger partial charge >= 0.3 is 0 Å². The number of halogens is 1. The van der Waals surface area contributed by atoms with Crippen LogP contribution in [0.1, 0.15) is 11.1 Å². The largest absolute Gasteiger partial charge is 0.493 e. The van der Waals surface area contributed by atoms with Crippen LogP contribution in [-0.2, 0) is 0 Å². The number of aryl methyl sites for hydroxylation is 2. The van der Waals surface area contributed by atoms with Crippen molar-refractivity contribution in [2.75, 3.05) is 12.4 Å². The molecule has 0 amide bonds. The normalized spacial score (nSPS) is 10.8. The second-order valence-electron chi connectivity index (χ2n) is 5.31. The molecule has 1 aromatic heterocycles. The summed E-state index contributed by atoms with van der Waals surface area (Å²) in [6, 6.07) is 14.1. The lowest BCUT2D eigenvalue weighted by atomic mass is 10.1. The molecule has 2 aromatic carbocycles. The molecular formula is C17H17BrN4OS. The smallest absolute Gasteiger partial charge is 0.214 e. The topological polar surface area (TPSA) is 52.8 Å². The van der Waals surface area contributed by atoms with E-state index in [0.717, 1.165) is 32.4 Å². The number of hydrogen-bond acceptors (Lipinski definition) is 5. The molecule has 0 aliphatic carbocycles. The van der Waals surface area contributed by atoms with Crippen molar-refractivity contribution in [3.63, 3.8) is 0 Å². The van der Waals surface area contributed by atoms with Crippen molar-refractivity contribution in [2.45, 2.75) is 19.0 Å². The molecule has 0 atom stereocenters. The lowest BCUT2D eigenvalue weighted by molar-refractivity contribution is 0.344. The minimum atomic E-state index is 0.589. The molecule has 0 N–H and O–H groups in total. The monoisotopic (exact) mass is 404 g/mol. The Hall–Kier alpha value is -1.86. The number of tetrazole rings is 1. The van der Waals surface area contributed by atoms with Crippen molar-refractivity contribution in [2.24, 2.45) is 0 Å². The van der Waals surface area contributed by atoms with Gasteiger partial charge in [0.2, 0.25) is 5.16 Å². The van der Waals surface area contributed by atoms with E-state index in [9.17, 15) is 0 Å². The van der Waals surface area contributed by atoms with E-state index in [0.29, 0.717) is 6.61 Å². The summed E-state index contributed by atoms with van der Waals surface area (Å²) in [5.74, 6) is 1.62. The third-order valence-electron chi connectivity index (χ3n) is 3.43. The number of rotatable bonds is 6. The van der Waals surface area contributed by atoms with Crippen LogP contribution in [0, 0.1) is 13.8 Å². The Morgan fingerprint density at radius 3 is 2.71 bits per heavy atom. The average Bonchev–Trinajstić information content (AvgIpc) is 3.04. The maximum atomic E-state index is 5.73. The second kappa shape index (κ2) is 7.81. The zero-order chi connectivity index (χ0) is 16.9. The molecule has 7 heteroatoms. The molecule has 0 unspecified atom stereocenters. The Morgan fingerprint density at radius 1 is 1.12 bits per heavy atom. The number of thioether (sulfide) groups is 1. The highest BCUT2D eigenvalue weighted by Crippen LogP contribution is 2.22. The van der Waals surface area contributed by atoms with Crippen molar-refractivity contribution >= 4 is 27.7 Å². The highest BCUT2D eigenvalue weighted by atomic mass is 79.9. The Morgan fingerprint density at radius 2 is 1.92 bits per heavy atom. The highest BCUT2D eigenvalue weighted by Gasteiger charge is 2.11. The molecule has 0 radical (unpaired) electrons. The minimum absolute atomic E-state index is 0.589. The van der Waals surface area contributed by atoms with E-state index in [1.165, 1.54) is 5.56 Å². The van der Waals surface area contributed by atoms with Crippen LogP contribution in [0.2, 0.25) is 0 Å².